The Labute approximate surface area is 70.8 Å². The Balaban J connectivity index is 3.28. The fourth-order valence-corrected chi connectivity index (χ4v) is 1.17. The Hall–Kier alpha value is -0.0400. The average Bonchev–Trinajstić information content (AvgIpc) is 2.03. The van der Waals surface area contributed by atoms with Crippen molar-refractivity contribution in [1.29, 1.82) is 0 Å². The van der Waals surface area contributed by atoms with E-state index in [1.54, 1.807) is 0 Å². The van der Waals surface area contributed by atoms with Gasteiger partial charge in [-0.25, -0.2) is 5.11 Å². The summed E-state index contributed by atoms with van der Waals surface area (Å²) in [5, 5.41) is 10.5. The van der Waals surface area contributed by atoms with Crippen LogP contribution in [0.5, 0.6) is 0 Å². The van der Waals surface area contributed by atoms with Crippen LogP contribution in [0.4, 0.5) is 0 Å². The number of hydrogen-bond acceptors (Lipinski definition) is 0. The van der Waals surface area contributed by atoms with Crippen molar-refractivity contribution in [3.05, 3.63) is 0 Å². The molecule has 0 spiro atoms. The summed E-state index contributed by atoms with van der Waals surface area (Å²) in [6, 6.07) is 0. The highest BCUT2D eigenvalue weighted by Gasteiger charge is 2.10. The SMILES string of the molecule is CCCCCC(C)C(C)C[O]. The van der Waals surface area contributed by atoms with Crippen LogP contribution in [-0.4, -0.2) is 6.61 Å². The molecule has 0 heterocycles. The number of hydrogen-bond donors (Lipinski definition) is 0. The van der Waals surface area contributed by atoms with Crippen molar-refractivity contribution in [2.75, 3.05) is 6.61 Å². The van der Waals surface area contributed by atoms with Crippen LogP contribution in [0.1, 0.15) is 46.5 Å². The first-order valence-electron chi connectivity index (χ1n) is 4.80. The highest BCUT2D eigenvalue weighted by Crippen LogP contribution is 2.17. The molecule has 0 saturated heterocycles. The predicted octanol–water partition coefficient (Wildman–Crippen LogP) is 3.27. The number of unbranched alkanes of at least 4 members (excludes halogenated alkanes) is 2. The highest BCUT2D eigenvalue weighted by molar-refractivity contribution is 4.60. The lowest BCUT2D eigenvalue weighted by atomic mass is 9.91. The molecule has 1 nitrogen and oxygen atoms in total. The van der Waals surface area contributed by atoms with Crippen LogP contribution in [0.3, 0.4) is 0 Å². The summed E-state index contributed by atoms with van der Waals surface area (Å²) in [6.45, 7) is 6.55. The van der Waals surface area contributed by atoms with Crippen molar-refractivity contribution < 1.29 is 5.11 Å². The van der Waals surface area contributed by atoms with Gasteiger partial charge in [-0.2, -0.15) is 0 Å². The van der Waals surface area contributed by atoms with Crippen molar-refractivity contribution in [1.82, 2.24) is 0 Å². The Kier molecular flexibility index (Phi) is 6.63. The number of rotatable bonds is 6. The van der Waals surface area contributed by atoms with E-state index in [4.69, 9.17) is 0 Å². The molecule has 0 aromatic carbocycles. The molecule has 0 aliphatic heterocycles. The molecule has 0 fully saturated rings. The Bertz CT molecular complexity index is 80.9. The van der Waals surface area contributed by atoms with E-state index < -0.39 is 0 Å². The average molecular weight is 157 g/mol. The molecule has 0 aliphatic rings. The normalized spacial score (nSPS) is 16.4. The maximum atomic E-state index is 10.5. The third kappa shape index (κ3) is 5.25. The Morgan fingerprint density at radius 2 is 1.73 bits per heavy atom. The van der Waals surface area contributed by atoms with Gasteiger partial charge in [0.2, 0.25) is 0 Å². The summed E-state index contributed by atoms with van der Waals surface area (Å²) in [5.74, 6) is 0.992. The van der Waals surface area contributed by atoms with E-state index in [9.17, 15) is 5.11 Å². The molecule has 11 heavy (non-hydrogen) atoms. The lowest BCUT2D eigenvalue weighted by molar-refractivity contribution is 0.121. The zero-order chi connectivity index (χ0) is 8.69. The standard InChI is InChI=1S/C10H21O/c1-4-5-6-7-9(2)10(3)8-11/h9-10H,4-8H2,1-3H3. The van der Waals surface area contributed by atoms with E-state index in [-0.39, 0.29) is 6.61 Å². The minimum atomic E-state index is 0.0906. The molecular formula is C10H21O. The first kappa shape index (κ1) is 11.0. The van der Waals surface area contributed by atoms with E-state index in [1.165, 1.54) is 25.7 Å². The van der Waals surface area contributed by atoms with E-state index in [2.05, 4.69) is 20.8 Å². The molecule has 0 aromatic heterocycles. The maximum Gasteiger partial charge on any atom is 0.0850 e. The molecule has 0 amide bonds. The summed E-state index contributed by atoms with van der Waals surface area (Å²) >= 11 is 0. The molecule has 2 unspecified atom stereocenters. The molecule has 1 heteroatoms. The topological polar surface area (TPSA) is 19.9 Å². The molecule has 67 valence electrons. The fourth-order valence-electron chi connectivity index (χ4n) is 1.17. The molecule has 1 radical (unpaired) electrons. The zero-order valence-electron chi connectivity index (χ0n) is 8.10. The van der Waals surface area contributed by atoms with Gasteiger partial charge < -0.3 is 0 Å². The molecule has 0 N–H and O–H groups in total. The van der Waals surface area contributed by atoms with Crippen LogP contribution in [0.15, 0.2) is 0 Å². The van der Waals surface area contributed by atoms with Crippen LogP contribution >= 0.6 is 0 Å². The lowest BCUT2D eigenvalue weighted by Gasteiger charge is -2.15. The van der Waals surface area contributed by atoms with Crippen molar-refractivity contribution in [2.45, 2.75) is 46.5 Å². The quantitative estimate of drug-likeness (QED) is 0.527. The summed E-state index contributed by atoms with van der Waals surface area (Å²) < 4.78 is 0. The van der Waals surface area contributed by atoms with Gasteiger partial charge >= 0.3 is 0 Å². The Morgan fingerprint density at radius 3 is 2.18 bits per heavy atom. The second kappa shape index (κ2) is 6.66. The van der Waals surface area contributed by atoms with Gasteiger partial charge in [0.05, 0.1) is 6.61 Å². The first-order valence-corrected chi connectivity index (χ1v) is 4.80. The third-order valence-corrected chi connectivity index (χ3v) is 2.50. The van der Waals surface area contributed by atoms with Gasteiger partial charge in [0.25, 0.3) is 0 Å². The highest BCUT2D eigenvalue weighted by atomic mass is 16.3. The Morgan fingerprint density at radius 1 is 1.09 bits per heavy atom. The van der Waals surface area contributed by atoms with E-state index in [1.807, 2.05) is 0 Å². The van der Waals surface area contributed by atoms with E-state index >= 15 is 0 Å². The van der Waals surface area contributed by atoms with Gasteiger partial charge in [-0.05, 0) is 11.8 Å². The van der Waals surface area contributed by atoms with Gasteiger partial charge in [0.1, 0.15) is 0 Å². The first-order chi connectivity index (χ1) is 5.22. The van der Waals surface area contributed by atoms with Gasteiger partial charge in [0.15, 0.2) is 0 Å². The van der Waals surface area contributed by atoms with Crippen molar-refractivity contribution in [3.8, 4) is 0 Å². The van der Waals surface area contributed by atoms with Gasteiger partial charge in [-0.15, -0.1) is 0 Å². The van der Waals surface area contributed by atoms with Crippen molar-refractivity contribution >= 4 is 0 Å². The molecule has 0 bridgehead atoms. The molecule has 0 aromatic rings. The summed E-state index contributed by atoms with van der Waals surface area (Å²) in [6.07, 6.45) is 5.12. The van der Waals surface area contributed by atoms with Gasteiger partial charge in [-0.1, -0.05) is 46.5 Å². The van der Waals surface area contributed by atoms with Crippen LogP contribution < -0.4 is 0 Å². The smallest absolute Gasteiger partial charge is 0.0850 e. The van der Waals surface area contributed by atoms with Crippen LogP contribution in [0, 0.1) is 11.8 Å². The molecule has 0 rings (SSSR count). The lowest BCUT2D eigenvalue weighted by Crippen LogP contribution is -2.11. The fraction of sp³-hybridized carbons (Fsp3) is 1.00. The van der Waals surface area contributed by atoms with E-state index in [0.29, 0.717) is 11.8 Å². The van der Waals surface area contributed by atoms with Crippen LogP contribution in [-0.2, 0) is 5.11 Å². The molecule has 0 aliphatic carbocycles. The van der Waals surface area contributed by atoms with Gasteiger partial charge in [0, 0.05) is 0 Å². The summed E-state index contributed by atoms with van der Waals surface area (Å²) in [4.78, 5) is 0. The van der Waals surface area contributed by atoms with Crippen molar-refractivity contribution in [3.63, 3.8) is 0 Å². The molecule has 0 saturated carbocycles. The van der Waals surface area contributed by atoms with Gasteiger partial charge in [-0.3, -0.25) is 0 Å². The minimum absolute atomic E-state index is 0.0906. The molecular weight excluding hydrogens is 136 g/mol. The van der Waals surface area contributed by atoms with E-state index in [0.717, 1.165) is 0 Å². The molecule has 2 atom stereocenters. The van der Waals surface area contributed by atoms with Crippen molar-refractivity contribution in [2.24, 2.45) is 11.8 Å². The largest absolute Gasteiger partial charge is 0.236 e. The second-order valence-corrected chi connectivity index (χ2v) is 3.62. The van der Waals surface area contributed by atoms with Crippen LogP contribution in [0.25, 0.3) is 0 Å². The predicted molar refractivity (Wildman–Crippen MR) is 48.0 cm³/mol. The maximum absolute atomic E-state index is 10.5. The zero-order valence-corrected chi connectivity index (χ0v) is 8.10. The second-order valence-electron chi connectivity index (χ2n) is 3.62. The summed E-state index contributed by atoms with van der Waals surface area (Å²) in [7, 11) is 0. The van der Waals surface area contributed by atoms with Crippen LogP contribution in [0.2, 0.25) is 0 Å². The monoisotopic (exact) mass is 157 g/mol. The third-order valence-electron chi connectivity index (χ3n) is 2.50. The summed E-state index contributed by atoms with van der Waals surface area (Å²) in [5.41, 5.74) is 0. The minimum Gasteiger partial charge on any atom is -0.236 e.